The van der Waals surface area contributed by atoms with E-state index in [0.29, 0.717) is 0 Å². The first-order valence-corrected chi connectivity index (χ1v) is 12.7. The van der Waals surface area contributed by atoms with E-state index >= 15 is 0 Å². The van der Waals surface area contributed by atoms with Crippen molar-refractivity contribution in [3.63, 3.8) is 0 Å². The van der Waals surface area contributed by atoms with Crippen LogP contribution >= 0.6 is 0 Å². The van der Waals surface area contributed by atoms with E-state index in [-0.39, 0.29) is 24.5 Å². The molecule has 0 unspecified atom stereocenters. The highest BCUT2D eigenvalue weighted by Crippen LogP contribution is 2.44. The molecule has 6 nitrogen and oxygen atoms in total. The largest absolute Gasteiger partial charge is 0.488 e. The summed E-state index contributed by atoms with van der Waals surface area (Å²) in [6, 6.07) is 26.5. The lowest BCUT2D eigenvalue weighted by molar-refractivity contribution is -0.139. The quantitative estimate of drug-likeness (QED) is 0.295. The molecule has 1 aliphatic rings. The summed E-state index contributed by atoms with van der Waals surface area (Å²) in [5, 5.41) is 14.2. The van der Waals surface area contributed by atoms with Crippen molar-refractivity contribution in [1.29, 1.82) is 0 Å². The minimum Gasteiger partial charge on any atom is -0.488 e. The SMILES string of the molecule is CC(C)(C)Oc1cccc2cc(C[C@H](NC(=O)OCC3c4ccccc4-c4ccccc43)C(=O)O)ccc12. The number of aliphatic carboxylic acids is 1. The zero-order chi connectivity index (χ0) is 26.9. The second kappa shape index (κ2) is 10.2. The minimum atomic E-state index is -1.13. The summed E-state index contributed by atoms with van der Waals surface area (Å²) in [5.74, 6) is -0.446. The van der Waals surface area contributed by atoms with E-state index in [2.05, 4.69) is 17.4 Å². The van der Waals surface area contributed by atoms with Gasteiger partial charge in [-0.2, -0.15) is 0 Å². The number of benzene rings is 4. The van der Waals surface area contributed by atoms with Crippen LogP contribution < -0.4 is 10.1 Å². The Morgan fingerprint density at radius 1 is 0.895 bits per heavy atom. The predicted octanol–water partition coefficient (Wildman–Crippen LogP) is 6.55. The van der Waals surface area contributed by atoms with Crippen LogP contribution in [-0.4, -0.2) is 35.4 Å². The topological polar surface area (TPSA) is 84.9 Å². The third-order valence-electron chi connectivity index (χ3n) is 6.69. The van der Waals surface area contributed by atoms with Gasteiger partial charge in [-0.1, -0.05) is 78.9 Å². The Hall–Kier alpha value is -4.32. The normalized spacial score (nSPS) is 13.4. The van der Waals surface area contributed by atoms with Crippen molar-refractivity contribution in [2.75, 3.05) is 6.61 Å². The molecular formula is C32H31NO5. The van der Waals surface area contributed by atoms with Gasteiger partial charge in [0, 0.05) is 17.7 Å². The molecule has 0 spiro atoms. The number of hydrogen-bond donors (Lipinski definition) is 2. The number of alkyl carbamates (subject to hydrolysis) is 1. The maximum absolute atomic E-state index is 12.7. The number of ether oxygens (including phenoxy) is 2. The molecule has 1 amide bonds. The van der Waals surface area contributed by atoms with Gasteiger partial charge in [-0.15, -0.1) is 0 Å². The smallest absolute Gasteiger partial charge is 0.407 e. The summed E-state index contributed by atoms with van der Waals surface area (Å²) in [6.45, 7) is 6.10. The lowest BCUT2D eigenvalue weighted by atomic mass is 9.98. The molecule has 0 saturated heterocycles. The molecule has 0 bridgehead atoms. The Morgan fingerprint density at radius 3 is 2.18 bits per heavy atom. The van der Waals surface area contributed by atoms with Gasteiger partial charge in [-0.05, 0) is 60.0 Å². The van der Waals surface area contributed by atoms with Gasteiger partial charge in [-0.3, -0.25) is 0 Å². The number of carboxylic acid groups (broad SMARTS) is 1. The lowest BCUT2D eigenvalue weighted by Crippen LogP contribution is -2.42. The van der Waals surface area contributed by atoms with Crippen LogP contribution in [0.1, 0.15) is 43.4 Å². The van der Waals surface area contributed by atoms with E-state index in [4.69, 9.17) is 9.47 Å². The molecule has 1 aliphatic carbocycles. The highest BCUT2D eigenvalue weighted by molar-refractivity contribution is 5.89. The Kier molecular flexibility index (Phi) is 6.81. The van der Waals surface area contributed by atoms with Crippen molar-refractivity contribution in [3.05, 3.63) is 102 Å². The lowest BCUT2D eigenvalue weighted by Gasteiger charge is -2.22. The summed E-state index contributed by atoms with van der Waals surface area (Å²) in [5.41, 5.74) is 4.91. The molecule has 0 saturated carbocycles. The van der Waals surface area contributed by atoms with Crippen LogP contribution in [0.5, 0.6) is 5.75 Å². The van der Waals surface area contributed by atoms with Crippen LogP contribution in [0.2, 0.25) is 0 Å². The number of fused-ring (bicyclic) bond motifs is 4. The van der Waals surface area contributed by atoms with Crippen LogP contribution in [0.25, 0.3) is 21.9 Å². The number of rotatable bonds is 7. The maximum atomic E-state index is 12.7. The first kappa shape index (κ1) is 25.3. The highest BCUT2D eigenvalue weighted by Gasteiger charge is 2.30. The van der Waals surface area contributed by atoms with E-state index in [9.17, 15) is 14.7 Å². The number of carboxylic acids is 1. The van der Waals surface area contributed by atoms with Crippen molar-refractivity contribution < 1.29 is 24.2 Å². The van der Waals surface area contributed by atoms with Gasteiger partial charge < -0.3 is 19.9 Å². The Balaban J connectivity index is 1.27. The average molecular weight is 510 g/mol. The number of carbonyl (C=O) groups excluding carboxylic acids is 1. The van der Waals surface area contributed by atoms with Crippen molar-refractivity contribution >= 4 is 22.8 Å². The Morgan fingerprint density at radius 2 is 1.55 bits per heavy atom. The first-order chi connectivity index (χ1) is 18.2. The molecule has 6 heteroatoms. The average Bonchev–Trinajstić information content (AvgIpc) is 3.20. The molecule has 2 N–H and O–H groups in total. The Labute approximate surface area is 222 Å². The molecule has 0 aromatic heterocycles. The van der Waals surface area contributed by atoms with Gasteiger partial charge in [0.05, 0.1) is 0 Å². The third-order valence-corrected chi connectivity index (χ3v) is 6.69. The molecule has 5 rings (SSSR count). The third kappa shape index (κ3) is 5.35. The minimum absolute atomic E-state index is 0.0959. The van der Waals surface area contributed by atoms with Gasteiger partial charge >= 0.3 is 12.1 Å². The van der Waals surface area contributed by atoms with Crippen molar-refractivity contribution in [2.24, 2.45) is 0 Å². The molecule has 4 aromatic carbocycles. The number of carbonyl (C=O) groups is 2. The summed E-state index contributed by atoms with van der Waals surface area (Å²) in [6.07, 6.45) is -0.624. The van der Waals surface area contributed by atoms with Gasteiger partial charge in [0.2, 0.25) is 0 Å². The fourth-order valence-corrected chi connectivity index (χ4v) is 5.07. The van der Waals surface area contributed by atoms with Gasteiger partial charge in [0.1, 0.15) is 24.0 Å². The molecule has 38 heavy (non-hydrogen) atoms. The summed E-state index contributed by atoms with van der Waals surface area (Å²) in [4.78, 5) is 24.7. The van der Waals surface area contributed by atoms with Gasteiger partial charge in [-0.25, -0.2) is 9.59 Å². The second-order valence-corrected chi connectivity index (χ2v) is 10.6. The van der Waals surface area contributed by atoms with E-state index in [0.717, 1.165) is 44.3 Å². The molecule has 4 aromatic rings. The monoisotopic (exact) mass is 509 g/mol. The molecule has 1 atom stereocenters. The van der Waals surface area contributed by atoms with Crippen LogP contribution in [0.3, 0.4) is 0 Å². The highest BCUT2D eigenvalue weighted by atomic mass is 16.5. The molecule has 0 radical (unpaired) electrons. The van der Waals surface area contributed by atoms with E-state index < -0.39 is 18.1 Å². The van der Waals surface area contributed by atoms with E-state index in [1.807, 2.05) is 93.6 Å². The van der Waals surface area contributed by atoms with Gasteiger partial charge in [0.25, 0.3) is 0 Å². The zero-order valence-electron chi connectivity index (χ0n) is 21.7. The molecule has 0 fully saturated rings. The fraction of sp³-hybridized carbons (Fsp3) is 0.250. The zero-order valence-corrected chi connectivity index (χ0v) is 21.7. The van der Waals surface area contributed by atoms with Crippen molar-refractivity contribution in [3.8, 4) is 16.9 Å². The summed E-state index contributed by atoms with van der Waals surface area (Å²) in [7, 11) is 0. The fourth-order valence-electron chi connectivity index (χ4n) is 5.07. The number of hydrogen-bond acceptors (Lipinski definition) is 4. The van der Waals surface area contributed by atoms with Crippen LogP contribution in [0.4, 0.5) is 4.79 Å². The standard InChI is InChI=1S/C32H31NO5/c1-32(2,3)38-29-14-8-9-21-17-20(15-16-22(21)29)18-28(30(34)35)33-31(36)37-19-27-25-12-6-4-10-23(25)24-11-5-7-13-26(24)27/h4-17,27-28H,18-19H2,1-3H3,(H,33,36)(H,34,35)/t28-/m0/s1. The summed E-state index contributed by atoms with van der Waals surface area (Å²) >= 11 is 0. The number of amides is 1. The van der Waals surface area contributed by atoms with Crippen molar-refractivity contribution in [2.45, 2.75) is 44.8 Å². The van der Waals surface area contributed by atoms with E-state index in [1.54, 1.807) is 0 Å². The van der Waals surface area contributed by atoms with E-state index in [1.165, 1.54) is 0 Å². The maximum Gasteiger partial charge on any atom is 0.407 e. The van der Waals surface area contributed by atoms with Crippen LogP contribution in [0.15, 0.2) is 84.9 Å². The van der Waals surface area contributed by atoms with Gasteiger partial charge in [0.15, 0.2) is 0 Å². The van der Waals surface area contributed by atoms with Crippen LogP contribution in [-0.2, 0) is 16.0 Å². The molecule has 0 heterocycles. The van der Waals surface area contributed by atoms with Crippen LogP contribution in [0, 0.1) is 0 Å². The first-order valence-electron chi connectivity index (χ1n) is 12.7. The predicted molar refractivity (Wildman–Crippen MR) is 148 cm³/mol. The van der Waals surface area contributed by atoms with Crippen molar-refractivity contribution in [1.82, 2.24) is 5.32 Å². The molecular weight excluding hydrogens is 478 g/mol. The molecule has 194 valence electrons. The molecule has 0 aliphatic heterocycles. The second-order valence-electron chi connectivity index (χ2n) is 10.6. The number of nitrogens with one attached hydrogen (secondary N) is 1. The summed E-state index contributed by atoms with van der Waals surface area (Å²) < 4.78 is 11.6. The Bertz CT molecular complexity index is 1460.